The SMILES string of the molecule is COc1ccc(NC(=O)CCNc2ccc(N3CCN(C)CC3)cc2)cc1OC. The van der Waals surface area contributed by atoms with E-state index in [9.17, 15) is 4.79 Å². The van der Waals surface area contributed by atoms with E-state index >= 15 is 0 Å². The zero-order valence-electron chi connectivity index (χ0n) is 17.4. The first-order valence-corrected chi connectivity index (χ1v) is 9.88. The maximum absolute atomic E-state index is 12.2. The molecule has 7 nitrogen and oxygen atoms in total. The Morgan fingerprint density at radius 2 is 1.59 bits per heavy atom. The van der Waals surface area contributed by atoms with E-state index < -0.39 is 0 Å². The topological polar surface area (TPSA) is 66.1 Å². The van der Waals surface area contributed by atoms with Crippen molar-refractivity contribution in [3.8, 4) is 11.5 Å². The Hall–Kier alpha value is -2.93. The Morgan fingerprint density at radius 1 is 0.931 bits per heavy atom. The van der Waals surface area contributed by atoms with E-state index in [1.54, 1.807) is 32.4 Å². The summed E-state index contributed by atoms with van der Waals surface area (Å²) in [4.78, 5) is 17.0. The molecule has 1 fully saturated rings. The molecule has 2 N–H and O–H groups in total. The summed E-state index contributed by atoms with van der Waals surface area (Å²) in [5, 5.41) is 6.19. The van der Waals surface area contributed by atoms with Crippen molar-refractivity contribution in [2.75, 3.05) is 69.5 Å². The highest BCUT2D eigenvalue weighted by Gasteiger charge is 2.14. The summed E-state index contributed by atoms with van der Waals surface area (Å²) in [6, 6.07) is 13.7. The molecule has 0 atom stereocenters. The number of methoxy groups -OCH3 is 2. The fraction of sp³-hybridized carbons (Fsp3) is 0.409. The lowest BCUT2D eigenvalue weighted by molar-refractivity contribution is -0.115. The van der Waals surface area contributed by atoms with E-state index in [0.717, 1.165) is 31.9 Å². The van der Waals surface area contributed by atoms with E-state index in [0.29, 0.717) is 30.2 Å². The molecule has 0 spiro atoms. The van der Waals surface area contributed by atoms with Gasteiger partial charge in [-0.05, 0) is 43.4 Å². The van der Waals surface area contributed by atoms with E-state index in [-0.39, 0.29) is 5.91 Å². The molecule has 29 heavy (non-hydrogen) atoms. The van der Waals surface area contributed by atoms with Crippen LogP contribution >= 0.6 is 0 Å². The highest BCUT2D eigenvalue weighted by molar-refractivity contribution is 5.91. The average molecular weight is 399 g/mol. The normalized spacial score (nSPS) is 14.4. The van der Waals surface area contributed by atoms with Crippen LogP contribution < -0.4 is 25.0 Å². The molecule has 0 bridgehead atoms. The average Bonchev–Trinajstić information content (AvgIpc) is 2.74. The molecular weight excluding hydrogens is 368 g/mol. The largest absolute Gasteiger partial charge is 0.493 e. The number of amides is 1. The van der Waals surface area contributed by atoms with Gasteiger partial charge in [0.2, 0.25) is 5.91 Å². The number of piperazine rings is 1. The van der Waals surface area contributed by atoms with E-state index in [1.165, 1.54) is 5.69 Å². The predicted molar refractivity (Wildman–Crippen MR) is 117 cm³/mol. The van der Waals surface area contributed by atoms with Crippen molar-refractivity contribution in [2.45, 2.75) is 6.42 Å². The molecule has 7 heteroatoms. The summed E-state index contributed by atoms with van der Waals surface area (Å²) in [5.41, 5.74) is 2.95. The van der Waals surface area contributed by atoms with Gasteiger partial charge in [-0.2, -0.15) is 0 Å². The van der Waals surface area contributed by atoms with Gasteiger partial charge in [0.05, 0.1) is 14.2 Å². The molecule has 0 aliphatic carbocycles. The number of carbonyl (C=O) groups excluding carboxylic acids is 1. The van der Waals surface area contributed by atoms with Gasteiger partial charge in [0, 0.05) is 62.3 Å². The zero-order chi connectivity index (χ0) is 20.6. The van der Waals surface area contributed by atoms with Crippen molar-refractivity contribution >= 4 is 23.0 Å². The smallest absolute Gasteiger partial charge is 0.226 e. The third-order valence-corrected chi connectivity index (χ3v) is 5.08. The minimum atomic E-state index is -0.0567. The van der Waals surface area contributed by atoms with Crippen molar-refractivity contribution in [1.82, 2.24) is 4.90 Å². The van der Waals surface area contributed by atoms with Crippen LogP contribution in [0.4, 0.5) is 17.1 Å². The first-order valence-electron chi connectivity index (χ1n) is 9.88. The van der Waals surface area contributed by atoms with Crippen LogP contribution in [0.5, 0.6) is 11.5 Å². The van der Waals surface area contributed by atoms with Crippen molar-refractivity contribution in [3.05, 3.63) is 42.5 Å². The highest BCUT2D eigenvalue weighted by atomic mass is 16.5. The van der Waals surface area contributed by atoms with Crippen LogP contribution in [0, 0.1) is 0 Å². The Kier molecular flexibility index (Phi) is 7.19. The van der Waals surface area contributed by atoms with Crippen molar-refractivity contribution in [1.29, 1.82) is 0 Å². The second-order valence-corrected chi connectivity index (χ2v) is 7.13. The first-order chi connectivity index (χ1) is 14.1. The minimum Gasteiger partial charge on any atom is -0.493 e. The summed E-state index contributed by atoms with van der Waals surface area (Å²) < 4.78 is 10.5. The maximum atomic E-state index is 12.2. The molecule has 0 saturated carbocycles. The number of rotatable bonds is 8. The fourth-order valence-corrected chi connectivity index (χ4v) is 3.31. The van der Waals surface area contributed by atoms with Crippen LogP contribution in [0.1, 0.15) is 6.42 Å². The predicted octanol–water partition coefficient (Wildman–Crippen LogP) is 2.90. The van der Waals surface area contributed by atoms with Crippen molar-refractivity contribution in [2.24, 2.45) is 0 Å². The van der Waals surface area contributed by atoms with Gasteiger partial charge in [-0.1, -0.05) is 0 Å². The molecule has 1 saturated heterocycles. The van der Waals surface area contributed by atoms with Gasteiger partial charge >= 0.3 is 0 Å². The molecule has 1 aliphatic rings. The van der Waals surface area contributed by atoms with Gasteiger partial charge < -0.3 is 29.9 Å². The Labute approximate surface area is 172 Å². The van der Waals surface area contributed by atoms with E-state index in [4.69, 9.17) is 9.47 Å². The molecule has 0 radical (unpaired) electrons. The Morgan fingerprint density at radius 3 is 2.24 bits per heavy atom. The van der Waals surface area contributed by atoms with Crippen LogP contribution in [0.15, 0.2) is 42.5 Å². The second-order valence-electron chi connectivity index (χ2n) is 7.13. The number of ether oxygens (including phenoxy) is 2. The number of nitrogens with zero attached hydrogens (tertiary/aromatic N) is 2. The maximum Gasteiger partial charge on any atom is 0.226 e. The monoisotopic (exact) mass is 398 g/mol. The number of anilines is 3. The van der Waals surface area contributed by atoms with E-state index in [1.807, 2.05) is 0 Å². The van der Waals surface area contributed by atoms with Crippen LogP contribution in [0.2, 0.25) is 0 Å². The molecule has 156 valence electrons. The highest BCUT2D eigenvalue weighted by Crippen LogP contribution is 2.29. The molecule has 2 aromatic carbocycles. The van der Waals surface area contributed by atoms with Crippen molar-refractivity contribution < 1.29 is 14.3 Å². The lowest BCUT2D eigenvalue weighted by Gasteiger charge is -2.34. The molecule has 0 unspecified atom stereocenters. The first kappa shape index (κ1) is 20.8. The number of likely N-dealkylation sites (N-methyl/N-ethyl adjacent to an activating group) is 1. The second kappa shape index (κ2) is 10.0. The molecule has 0 aromatic heterocycles. The van der Waals surface area contributed by atoms with Gasteiger partial charge in [0.1, 0.15) is 0 Å². The van der Waals surface area contributed by atoms with Gasteiger partial charge in [-0.3, -0.25) is 4.79 Å². The number of carbonyl (C=O) groups is 1. The molecule has 1 heterocycles. The lowest BCUT2D eigenvalue weighted by Crippen LogP contribution is -2.44. The van der Waals surface area contributed by atoms with Gasteiger partial charge in [-0.25, -0.2) is 0 Å². The van der Waals surface area contributed by atoms with E-state index in [2.05, 4.69) is 51.7 Å². The van der Waals surface area contributed by atoms with Crippen LogP contribution in [-0.2, 0) is 4.79 Å². The van der Waals surface area contributed by atoms with Crippen LogP contribution in [0.3, 0.4) is 0 Å². The standard InChI is InChI=1S/C22H30N4O3/c1-25-12-14-26(15-13-25)19-7-4-17(5-8-19)23-11-10-22(27)24-18-6-9-20(28-2)21(16-18)29-3/h4-9,16,23H,10-15H2,1-3H3,(H,24,27). The summed E-state index contributed by atoms with van der Waals surface area (Å²) in [7, 11) is 5.31. The number of benzene rings is 2. The third kappa shape index (κ3) is 5.77. The van der Waals surface area contributed by atoms with Gasteiger partial charge in [-0.15, -0.1) is 0 Å². The summed E-state index contributed by atoms with van der Waals surface area (Å²) >= 11 is 0. The molecule has 1 amide bonds. The van der Waals surface area contributed by atoms with Crippen molar-refractivity contribution in [3.63, 3.8) is 0 Å². The molecule has 2 aromatic rings. The Bertz CT molecular complexity index is 802. The Balaban J connectivity index is 1.44. The van der Waals surface area contributed by atoms with Gasteiger partial charge in [0.25, 0.3) is 0 Å². The molecule has 3 rings (SSSR count). The van der Waals surface area contributed by atoms with Gasteiger partial charge in [0.15, 0.2) is 11.5 Å². The lowest BCUT2D eigenvalue weighted by atomic mass is 10.2. The molecular formula is C22H30N4O3. The number of hydrogen-bond donors (Lipinski definition) is 2. The van der Waals surface area contributed by atoms with Crippen LogP contribution in [-0.4, -0.2) is 64.8 Å². The van der Waals surface area contributed by atoms with Crippen LogP contribution in [0.25, 0.3) is 0 Å². The summed E-state index contributed by atoms with van der Waals surface area (Å²) in [5.74, 6) is 1.16. The summed E-state index contributed by atoms with van der Waals surface area (Å²) in [6.07, 6.45) is 0.370. The number of nitrogens with one attached hydrogen (secondary N) is 2. The summed E-state index contributed by atoms with van der Waals surface area (Å²) in [6.45, 7) is 4.86. The quantitative estimate of drug-likeness (QED) is 0.713. The zero-order valence-corrected chi connectivity index (χ0v) is 17.4. The molecule has 1 aliphatic heterocycles. The fourth-order valence-electron chi connectivity index (χ4n) is 3.31. The number of hydrogen-bond acceptors (Lipinski definition) is 6. The third-order valence-electron chi connectivity index (χ3n) is 5.08. The minimum absolute atomic E-state index is 0.0567.